The highest BCUT2D eigenvalue weighted by Gasteiger charge is 2.19. The molecule has 0 fully saturated rings. The summed E-state index contributed by atoms with van der Waals surface area (Å²) in [4.78, 5) is 0. The molecule has 0 bridgehead atoms. The summed E-state index contributed by atoms with van der Waals surface area (Å²) in [6.45, 7) is 7.12. The zero-order chi connectivity index (χ0) is 13.8. The van der Waals surface area contributed by atoms with Crippen molar-refractivity contribution in [2.45, 2.75) is 45.8 Å². The van der Waals surface area contributed by atoms with Crippen LogP contribution in [0.15, 0.2) is 0 Å². The summed E-state index contributed by atoms with van der Waals surface area (Å²) in [5, 5.41) is 17.7. The lowest BCUT2D eigenvalue weighted by Gasteiger charge is -2.23. The molecule has 0 amide bonds. The molecule has 1 aromatic rings. The molecule has 0 aliphatic heterocycles. The van der Waals surface area contributed by atoms with Gasteiger partial charge >= 0.3 is 0 Å². The highest BCUT2D eigenvalue weighted by Crippen LogP contribution is 2.20. The van der Waals surface area contributed by atoms with E-state index in [0.717, 1.165) is 30.0 Å². The van der Waals surface area contributed by atoms with Gasteiger partial charge < -0.3 is 15.2 Å². The number of rotatable bonds is 7. The maximum Gasteiger partial charge on any atom is 0.216 e. The molecule has 0 spiro atoms. The highest BCUT2D eigenvalue weighted by atomic mass is 16.5. The minimum atomic E-state index is -0.655. The number of methoxy groups -OCH3 is 1. The van der Waals surface area contributed by atoms with Crippen LogP contribution in [0.1, 0.15) is 37.9 Å². The van der Waals surface area contributed by atoms with Crippen molar-refractivity contribution >= 4 is 0 Å². The Hall–Kier alpha value is -1.07. The number of aliphatic hydroxyl groups is 1. The Morgan fingerprint density at radius 1 is 1.50 bits per heavy atom. The zero-order valence-electron chi connectivity index (χ0n) is 12.1. The largest absolute Gasteiger partial charge is 0.481 e. The van der Waals surface area contributed by atoms with Crippen LogP contribution in [0.25, 0.3) is 0 Å². The number of hydrogen-bond donors (Lipinski definition) is 2. The molecule has 0 aliphatic rings. The van der Waals surface area contributed by atoms with Crippen LogP contribution in [0, 0.1) is 6.92 Å². The number of hydrogen-bond acceptors (Lipinski definition) is 4. The smallest absolute Gasteiger partial charge is 0.216 e. The minimum Gasteiger partial charge on any atom is -0.481 e. The van der Waals surface area contributed by atoms with Gasteiger partial charge in [0, 0.05) is 20.1 Å². The van der Waals surface area contributed by atoms with Crippen LogP contribution in [-0.2, 0) is 13.6 Å². The van der Waals surface area contributed by atoms with Crippen molar-refractivity contribution in [2.24, 2.45) is 7.05 Å². The molecule has 18 heavy (non-hydrogen) atoms. The van der Waals surface area contributed by atoms with Crippen LogP contribution >= 0.6 is 0 Å². The summed E-state index contributed by atoms with van der Waals surface area (Å²) < 4.78 is 7.06. The number of nitrogens with zero attached hydrogens (tertiary/aromatic N) is 2. The van der Waals surface area contributed by atoms with E-state index >= 15 is 0 Å². The fourth-order valence-electron chi connectivity index (χ4n) is 2.22. The summed E-state index contributed by atoms with van der Waals surface area (Å²) in [5.74, 6) is 0.773. The Kier molecular flexibility index (Phi) is 5.16. The van der Waals surface area contributed by atoms with Crippen molar-refractivity contribution in [3.63, 3.8) is 0 Å². The van der Waals surface area contributed by atoms with Crippen LogP contribution in [0.2, 0.25) is 0 Å². The molecule has 104 valence electrons. The van der Waals surface area contributed by atoms with E-state index in [-0.39, 0.29) is 0 Å². The van der Waals surface area contributed by atoms with Gasteiger partial charge in [0.2, 0.25) is 5.88 Å². The average Bonchev–Trinajstić information content (AvgIpc) is 2.53. The fourth-order valence-corrected chi connectivity index (χ4v) is 2.22. The second kappa shape index (κ2) is 6.20. The predicted octanol–water partition coefficient (Wildman–Crippen LogP) is 1.38. The summed E-state index contributed by atoms with van der Waals surface area (Å²) in [7, 11) is 3.51. The molecule has 1 unspecified atom stereocenters. The third-order valence-corrected chi connectivity index (χ3v) is 3.08. The molecule has 0 saturated heterocycles. The second-order valence-corrected chi connectivity index (χ2v) is 5.05. The summed E-state index contributed by atoms with van der Waals surface area (Å²) in [6.07, 6.45) is 1.77. The lowest BCUT2D eigenvalue weighted by molar-refractivity contribution is 0.0497. The van der Waals surface area contributed by atoms with Gasteiger partial charge in [-0.2, -0.15) is 5.10 Å². The van der Waals surface area contributed by atoms with Crippen LogP contribution < -0.4 is 10.1 Å². The lowest BCUT2D eigenvalue weighted by Crippen LogP contribution is -2.37. The van der Waals surface area contributed by atoms with Gasteiger partial charge in [0.15, 0.2) is 0 Å². The van der Waals surface area contributed by atoms with Crippen LogP contribution in [0.5, 0.6) is 5.88 Å². The molecular weight excluding hydrogens is 230 g/mol. The Labute approximate surface area is 109 Å². The first-order chi connectivity index (χ1) is 8.41. The molecule has 0 radical (unpaired) electrons. The van der Waals surface area contributed by atoms with Gasteiger partial charge in [-0.05, 0) is 20.3 Å². The summed E-state index contributed by atoms with van der Waals surface area (Å²) in [6, 6.07) is 0. The summed E-state index contributed by atoms with van der Waals surface area (Å²) in [5.41, 5.74) is 1.35. The molecular formula is C13H25N3O2. The highest BCUT2D eigenvalue weighted by molar-refractivity contribution is 5.30. The molecule has 1 atom stereocenters. The van der Waals surface area contributed by atoms with Crippen molar-refractivity contribution in [3.05, 3.63) is 11.3 Å². The van der Waals surface area contributed by atoms with E-state index < -0.39 is 5.60 Å². The number of ether oxygens (including phenoxy) is 1. The van der Waals surface area contributed by atoms with E-state index in [0.29, 0.717) is 13.1 Å². The average molecular weight is 255 g/mol. The maximum atomic E-state index is 10.1. The van der Waals surface area contributed by atoms with Gasteiger partial charge in [-0.3, -0.25) is 0 Å². The molecule has 2 N–H and O–H groups in total. The van der Waals surface area contributed by atoms with Crippen molar-refractivity contribution in [2.75, 3.05) is 13.7 Å². The maximum absolute atomic E-state index is 10.1. The Morgan fingerprint density at radius 3 is 2.72 bits per heavy atom. The third kappa shape index (κ3) is 3.71. The number of nitrogens with one attached hydrogen (secondary N) is 1. The fraction of sp³-hybridized carbons (Fsp3) is 0.769. The monoisotopic (exact) mass is 255 g/mol. The Balaban J connectivity index is 2.59. The van der Waals surface area contributed by atoms with E-state index in [4.69, 9.17) is 4.74 Å². The number of aryl methyl sites for hydroxylation is 2. The first-order valence-corrected chi connectivity index (χ1v) is 6.41. The minimum absolute atomic E-state index is 0.568. The lowest BCUT2D eigenvalue weighted by atomic mass is 10.0. The number of aromatic nitrogens is 2. The standard InChI is InChI=1S/C13H25N3O2/c1-6-7-13(3,17)9-14-8-11-10(2)15-16(4)12(11)18-5/h14,17H,6-9H2,1-5H3. The Bertz CT molecular complexity index is 386. The van der Waals surface area contributed by atoms with Crippen LogP contribution in [-0.4, -0.2) is 34.1 Å². The molecule has 1 heterocycles. The predicted molar refractivity (Wildman–Crippen MR) is 71.7 cm³/mol. The topological polar surface area (TPSA) is 59.3 Å². The van der Waals surface area contributed by atoms with E-state index in [1.165, 1.54) is 0 Å². The van der Waals surface area contributed by atoms with E-state index in [1.807, 2.05) is 20.9 Å². The van der Waals surface area contributed by atoms with Gasteiger partial charge in [0.25, 0.3) is 0 Å². The van der Waals surface area contributed by atoms with Crippen molar-refractivity contribution < 1.29 is 9.84 Å². The summed E-state index contributed by atoms with van der Waals surface area (Å²) >= 11 is 0. The van der Waals surface area contributed by atoms with Gasteiger partial charge in [0.1, 0.15) is 0 Å². The van der Waals surface area contributed by atoms with Gasteiger partial charge in [-0.15, -0.1) is 0 Å². The van der Waals surface area contributed by atoms with Crippen molar-refractivity contribution in [1.82, 2.24) is 15.1 Å². The molecule has 0 aromatic carbocycles. The second-order valence-electron chi connectivity index (χ2n) is 5.05. The van der Waals surface area contributed by atoms with E-state index in [9.17, 15) is 5.11 Å². The van der Waals surface area contributed by atoms with E-state index in [1.54, 1.807) is 11.8 Å². The molecule has 1 rings (SSSR count). The Morgan fingerprint density at radius 2 is 2.17 bits per heavy atom. The zero-order valence-corrected chi connectivity index (χ0v) is 12.1. The van der Waals surface area contributed by atoms with Crippen molar-refractivity contribution in [1.29, 1.82) is 0 Å². The third-order valence-electron chi connectivity index (χ3n) is 3.08. The molecule has 1 aromatic heterocycles. The van der Waals surface area contributed by atoms with Gasteiger partial charge in [-0.25, -0.2) is 4.68 Å². The molecule has 0 aliphatic carbocycles. The molecule has 5 heteroatoms. The molecule has 5 nitrogen and oxygen atoms in total. The van der Waals surface area contributed by atoms with Crippen LogP contribution in [0.4, 0.5) is 0 Å². The van der Waals surface area contributed by atoms with Gasteiger partial charge in [0.05, 0.1) is 24.0 Å². The normalized spacial score (nSPS) is 14.6. The quantitative estimate of drug-likeness (QED) is 0.773. The first kappa shape index (κ1) is 15.0. The molecule has 0 saturated carbocycles. The van der Waals surface area contributed by atoms with Crippen LogP contribution in [0.3, 0.4) is 0 Å². The van der Waals surface area contributed by atoms with Crippen molar-refractivity contribution in [3.8, 4) is 5.88 Å². The van der Waals surface area contributed by atoms with Gasteiger partial charge in [-0.1, -0.05) is 13.3 Å². The first-order valence-electron chi connectivity index (χ1n) is 6.41. The van der Waals surface area contributed by atoms with E-state index in [2.05, 4.69) is 17.3 Å². The SMILES string of the molecule is CCCC(C)(O)CNCc1c(C)nn(C)c1OC.